The average Bonchev–Trinajstić information content (AvgIpc) is 3.20. The summed E-state index contributed by atoms with van der Waals surface area (Å²) in [5.74, 6) is 0.745. The number of rotatable bonds is 5. The van der Waals surface area contributed by atoms with Gasteiger partial charge in [0.1, 0.15) is 5.82 Å². The van der Waals surface area contributed by atoms with Crippen LogP contribution in [0.25, 0.3) is 0 Å². The number of nitrogens with zero attached hydrogens (tertiary/aromatic N) is 2. The maximum absolute atomic E-state index is 13.4. The Morgan fingerprint density at radius 2 is 2.00 bits per heavy atom. The molecule has 1 aromatic carbocycles. The summed E-state index contributed by atoms with van der Waals surface area (Å²) in [7, 11) is 1.76. The smallest absolute Gasteiger partial charge is 0.225 e. The van der Waals surface area contributed by atoms with Crippen molar-refractivity contribution in [3.63, 3.8) is 0 Å². The van der Waals surface area contributed by atoms with Crippen LogP contribution in [0.15, 0.2) is 29.3 Å². The van der Waals surface area contributed by atoms with Crippen molar-refractivity contribution in [3.05, 3.63) is 35.6 Å². The van der Waals surface area contributed by atoms with Crippen molar-refractivity contribution in [2.75, 3.05) is 39.9 Å². The lowest BCUT2D eigenvalue weighted by Crippen LogP contribution is -2.50. The fourth-order valence-corrected chi connectivity index (χ4v) is 4.22. The lowest BCUT2D eigenvalue weighted by Gasteiger charge is -2.38. The molecule has 29 heavy (non-hydrogen) atoms. The lowest BCUT2D eigenvalue weighted by molar-refractivity contribution is -0.133. The highest BCUT2D eigenvalue weighted by molar-refractivity contribution is 5.81. The third-order valence-electron chi connectivity index (χ3n) is 6.06. The molecule has 2 aliphatic rings. The second-order valence-corrected chi connectivity index (χ2v) is 8.39. The summed E-state index contributed by atoms with van der Waals surface area (Å²) in [6, 6.07) is 7.01. The van der Waals surface area contributed by atoms with Gasteiger partial charge in [0.15, 0.2) is 5.96 Å². The zero-order chi connectivity index (χ0) is 20.9. The summed E-state index contributed by atoms with van der Waals surface area (Å²) in [6.07, 6.45) is 2.67. The van der Waals surface area contributed by atoms with E-state index in [-0.39, 0.29) is 29.1 Å². The first kappa shape index (κ1) is 21.6. The second-order valence-electron chi connectivity index (χ2n) is 8.39. The molecule has 0 aliphatic carbocycles. The van der Waals surface area contributed by atoms with Gasteiger partial charge in [0.2, 0.25) is 5.91 Å². The zero-order valence-electron chi connectivity index (χ0n) is 17.7. The van der Waals surface area contributed by atoms with E-state index in [0.717, 1.165) is 37.3 Å². The van der Waals surface area contributed by atoms with Crippen molar-refractivity contribution in [1.29, 1.82) is 0 Å². The minimum Gasteiger partial charge on any atom is -0.381 e. The van der Waals surface area contributed by atoms with E-state index in [1.807, 2.05) is 30.9 Å². The van der Waals surface area contributed by atoms with Gasteiger partial charge in [0.25, 0.3) is 0 Å². The molecule has 6 nitrogen and oxygen atoms in total. The maximum Gasteiger partial charge on any atom is 0.225 e. The topological polar surface area (TPSA) is 66.0 Å². The largest absolute Gasteiger partial charge is 0.381 e. The normalized spacial score (nSPS) is 22.0. The summed E-state index contributed by atoms with van der Waals surface area (Å²) in [6.45, 7) is 7.44. The third kappa shape index (κ3) is 5.26. The van der Waals surface area contributed by atoms with Crippen molar-refractivity contribution in [1.82, 2.24) is 15.5 Å². The number of carbonyl (C=O) groups is 1. The molecule has 0 aromatic heterocycles. The van der Waals surface area contributed by atoms with E-state index in [1.54, 1.807) is 7.05 Å². The summed E-state index contributed by atoms with van der Waals surface area (Å²) in [5.41, 5.74) is 1.01. The van der Waals surface area contributed by atoms with Gasteiger partial charge in [0, 0.05) is 57.3 Å². The van der Waals surface area contributed by atoms with Crippen molar-refractivity contribution in [3.8, 4) is 0 Å². The van der Waals surface area contributed by atoms with Crippen LogP contribution < -0.4 is 10.6 Å². The number of likely N-dealkylation sites (tertiary alicyclic amines) is 1. The minimum absolute atomic E-state index is 0.0234. The third-order valence-corrected chi connectivity index (χ3v) is 6.06. The van der Waals surface area contributed by atoms with Gasteiger partial charge in [-0.05, 0) is 37.0 Å². The Labute approximate surface area is 172 Å². The SMILES string of the molecule is CN=C(NCC1(c2ccc(F)cc2)CCOCC1)NC1CCN(C(=O)C(C)C)C1. The van der Waals surface area contributed by atoms with Crippen LogP contribution >= 0.6 is 0 Å². The molecular weight excluding hydrogens is 371 g/mol. The fourth-order valence-electron chi connectivity index (χ4n) is 4.22. The fraction of sp³-hybridized carbons (Fsp3) is 0.636. The van der Waals surface area contributed by atoms with Gasteiger partial charge in [-0.25, -0.2) is 4.39 Å². The monoisotopic (exact) mass is 404 g/mol. The van der Waals surface area contributed by atoms with Gasteiger partial charge in [-0.3, -0.25) is 9.79 Å². The van der Waals surface area contributed by atoms with Gasteiger partial charge < -0.3 is 20.3 Å². The first-order chi connectivity index (χ1) is 13.9. The van der Waals surface area contributed by atoms with Gasteiger partial charge in [0.05, 0.1) is 0 Å². The van der Waals surface area contributed by atoms with E-state index in [1.165, 1.54) is 12.1 Å². The first-order valence-electron chi connectivity index (χ1n) is 10.5. The predicted molar refractivity (Wildman–Crippen MR) is 112 cm³/mol. The molecule has 2 aliphatic heterocycles. The van der Waals surface area contributed by atoms with E-state index >= 15 is 0 Å². The van der Waals surface area contributed by atoms with Crippen LogP contribution in [0.3, 0.4) is 0 Å². The number of hydrogen-bond acceptors (Lipinski definition) is 3. The number of carbonyl (C=O) groups excluding carboxylic acids is 1. The number of hydrogen-bond donors (Lipinski definition) is 2. The zero-order valence-corrected chi connectivity index (χ0v) is 17.7. The van der Waals surface area contributed by atoms with Crippen molar-refractivity contribution >= 4 is 11.9 Å². The van der Waals surface area contributed by atoms with Crippen LogP contribution in [0.4, 0.5) is 4.39 Å². The Bertz CT molecular complexity index is 714. The predicted octanol–water partition coefficient (Wildman–Crippen LogP) is 2.30. The van der Waals surface area contributed by atoms with Gasteiger partial charge >= 0.3 is 0 Å². The molecule has 0 spiro atoms. The van der Waals surface area contributed by atoms with Crippen molar-refractivity contribution in [2.24, 2.45) is 10.9 Å². The molecule has 0 radical (unpaired) electrons. The molecule has 0 saturated carbocycles. The summed E-state index contributed by atoms with van der Waals surface area (Å²) < 4.78 is 19.0. The van der Waals surface area contributed by atoms with Crippen LogP contribution in [-0.4, -0.2) is 62.7 Å². The Morgan fingerprint density at radius 1 is 1.31 bits per heavy atom. The molecule has 2 N–H and O–H groups in total. The van der Waals surface area contributed by atoms with Crippen LogP contribution in [0.5, 0.6) is 0 Å². The number of guanidine groups is 1. The molecule has 2 heterocycles. The number of nitrogens with one attached hydrogen (secondary N) is 2. The molecule has 3 rings (SSSR count). The van der Waals surface area contributed by atoms with Crippen LogP contribution in [0.1, 0.15) is 38.7 Å². The van der Waals surface area contributed by atoms with Crippen molar-refractivity contribution < 1.29 is 13.9 Å². The molecule has 1 atom stereocenters. The molecule has 1 aromatic rings. The lowest BCUT2D eigenvalue weighted by atomic mass is 9.74. The Balaban J connectivity index is 1.61. The number of benzene rings is 1. The Morgan fingerprint density at radius 3 is 2.62 bits per heavy atom. The van der Waals surface area contributed by atoms with E-state index in [2.05, 4.69) is 15.6 Å². The van der Waals surface area contributed by atoms with Crippen molar-refractivity contribution in [2.45, 2.75) is 44.6 Å². The highest BCUT2D eigenvalue weighted by Crippen LogP contribution is 2.34. The number of ether oxygens (including phenoxy) is 1. The van der Waals surface area contributed by atoms with E-state index in [9.17, 15) is 9.18 Å². The standard InChI is InChI=1S/C22H33FN4O2/c1-16(2)20(28)27-11-8-19(14-27)26-21(24-3)25-15-22(9-12-29-13-10-22)17-4-6-18(23)7-5-17/h4-7,16,19H,8-15H2,1-3H3,(H2,24,25,26). The Hall–Kier alpha value is -2.15. The highest BCUT2D eigenvalue weighted by Gasteiger charge is 2.35. The molecule has 0 bridgehead atoms. The van der Waals surface area contributed by atoms with Gasteiger partial charge in [-0.2, -0.15) is 0 Å². The van der Waals surface area contributed by atoms with E-state index in [4.69, 9.17) is 4.74 Å². The maximum atomic E-state index is 13.4. The first-order valence-corrected chi connectivity index (χ1v) is 10.5. The van der Waals surface area contributed by atoms with Gasteiger partial charge in [-0.1, -0.05) is 26.0 Å². The second kappa shape index (κ2) is 9.57. The minimum atomic E-state index is -0.219. The molecule has 1 unspecified atom stereocenters. The molecule has 7 heteroatoms. The molecule has 2 saturated heterocycles. The summed E-state index contributed by atoms with van der Waals surface area (Å²) in [4.78, 5) is 18.5. The molecule has 1 amide bonds. The highest BCUT2D eigenvalue weighted by atomic mass is 19.1. The quantitative estimate of drug-likeness (QED) is 0.584. The number of amides is 1. The molecular formula is C22H33FN4O2. The Kier molecular flexibility index (Phi) is 7.11. The molecule has 2 fully saturated rings. The number of halogens is 1. The summed E-state index contributed by atoms with van der Waals surface area (Å²) >= 11 is 0. The molecule has 160 valence electrons. The number of aliphatic imine (C=N–C) groups is 1. The average molecular weight is 405 g/mol. The van der Waals surface area contributed by atoms with Gasteiger partial charge in [-0.15, -0.1) is 0 Å². The van der Waals surface area contributed by atoms with Crippen LogP contribution in [0, 0.1) is 11.7 Å². The van der Waals surface area contributed by atoms with Crippen LogP contribution in [0.2, 0.25) is 0 Å². The summed E-state index contributed by atoms with van der Waals surface area (Å²) in [5, 5.41) is 6.93. The van der Waals surface area contributed by atoms with E-state index in [0.29, 0.717) is 26.3 Å². The van der Waals surface area contributed by atoms with E-state index < -0.39 is 0 Å². The van der Waals surface area contributed by atoms with Crippen LogP contribution in [-0.2, 0) is 14.9 Å².